The van der Waals surface area contributed by atoms with Crippen LogP contribution in [0.5, 0.6) is 0 Å². The zero-order valence-electron chi connectivity index (χ0n) is 36.9. The summed E-state index contributed by atoms with van der Waals surface area (Å²) in [6.07, 6.45) is 41.8. The largest absolute Gasteiger partial charge is 0.478 e. The van der Waals surface area contributed by atoms with E-state index in [1.807, 2.05) is 0 Å². The molecule has 0 saturated carbocycles. The highest BCUT2D eigenvalue weighted by atomic mass is 16.4. The minimum atomic E-state index is -1.07. The van der Waals surface area contributed by atoms with Crippen molar-refractivity contribution in [2.24, 2.45) is 0 Å². The zero-order chi connectivity index (χ0) is 41.4. The van der Waals surface area contributed by atoms with Crippen molar-refractivity contribution in [3.63, 3.8) is 0 Å². The quantitative estimate of drug-likeness (QED) is 0.0491. The van der Waals surface area contributed by atoms with Gasteiger partial charge in [-0.3, -0.25) is 14.4 Å². The molecule has 0 spiro atoms. The number of amides is 3. The predicted molar refractivity (Wildman–Crippen MR) is 239 cm³/mol. The van der Waals surface area contributed by atoms with Crippen LogP contribution in [-0.2, 0) is 9.59 Å². The van der Waals surface area contributed by atoms with E-state index in [1.165, 1.54) is 198 Å². The summed E-state index contributed by atoms with van der Waals surface area (Å²) in [6.45, 7) is 5.69. The van der Waals surface area contributed by atoms with Crippen LogP contribution in [0.3, 0.4) is 0 Å². The number of aromatic carboxylic acids is 1. The van der Waals surface area contributed by atoms with Crippen LogP contribution in [0.2, 0.25) is 0 Å². The number of benzene rings is 1. The molecule has 4 N–H and O–H groups in total. The monoisotopic (exact) mass is 798 g/mol. The first-order valence-electron chi connectivity index (χ1n) is 24.1. The third-order valence-corrected chi connectivity index (χ3v) is 11.4. The van der Waals surface area contributed by atoms with Gasteiger partial charge in [-0.2, -0.15) is 0 Å². The molecule has 0 heterocycles. The number of hydrogen-bond donors (Lipinski definition) is 4. The molecule has 0 aromatic heterocycles. The Kier molecular flexibility index (Phi) is 35.3. The van der Waals surface area contributed by atoms with E-state index in [0.29, 0.717) is 13.1 Å². The lowest BCUT2D eigenvalue weighted by Gasteiger charge is -2.19. The molecule has 1 aromatic rings. The van der Waals surface area contributed by atoms with Crippen molar-refractivity contribution in [3.05, 3.63) is 35.4 Å². The minimum absolute atomic E-state index is 0.0839. The van der Waals surface area contributed by atoms with Gasteiger partial charge in [0.15, 0.2) is 0 Å². The third-order valence-electron chi connectivity index (χ3n) is 11.4. The summed E-state index contributed by atoms with van der Waals surface area (Å²) < 4.78 is 0. The van der Waals surface area contributed by atoms with Gasteiger partial charge in [-0.15, -0.1) is 0 Å². The van der Waals surface area contributed by atoms with Gasteiger partial charge in [-0.25, -0.2) is 4.79 Å². The van der Waals surface area contributed by atoms with Gasteiger partial charge in [0.25, 0.3) is 5.91 Å². The first kappa shape index (κ1) is 52.1. The standard InChI is InChI=1S/C49H87N3O5/c1-3-5-7-9-11-13-15-17-19-21-23-25-27-29-31-33-41-50-46(53)40-39-45(52-47(54)43-35-37-44(38-36-43)49(56)57)48(55)51-42-34-32-30-28-26-24-22-20-18-16-14-12-10-8-6-4-2/h35-38,45H,3-34,39-42H2,1-2H3,(H,50,53)(H,51,55)(H,52,54)(H,56,57)/t45-/m0/s1. The molecule has 3 amide bonds. The van der Waals surface area contributed by atoms with E-state index in [2.05, 4.69) is 29.8 Å². The van der Waals surface area contributed by atoms with Gasteiger partial charge in [-0.05, 0) is 43.5 Å². The molecule has 8 nitrogen and oxygen atoms in total. The van der Waals surface area contributed by atoms with Crippen molar-refractivity contribution in [2.45, 2.75) is 238 Å². The van der Waals surface area contributed by atoms with Crippen LogP contribution in [0.4, 0.5) is 0 Å². The summed E-state index contributed by atoms with van der Waals surface area (Å²) in [5, 5.41) is 18.0. The average molecular weight is 798 g/mol. The van der Waals surface area contributed by atoms with Gasteiger partial charge >= 0.3 is 5.97 Å². The highest BCUT2D eigenvalue weighted by molar-refractivity contribution is 5.98. The van der Waals surface area contributed by atoms with E-state index in [-0.39, 0.29) is 35.8 Å². The number of carboxylic acids is 1. The van der Waals surface area contributed by atoms with E-state index >= 15 is 0 Å². The third kappa shape index (κ3) is 31.7. The number of nitrogens with one attached hydrogen (secondary N) is 3. The first-order chi connectivity index (χ1) is 27.9. The number of hydrogen-bond acceptors (Lipinski definition) is 4. The van der Waals surface area contributed by atoms with Gasteiger partial charge in [0.05, 0.1) is 5.56 Å². The Labute approximate surface area is 349 Å². The van der Waals surface area contributed by atoms with Crippen molar-refractivity contribution in [2.75, 3.05) is 13.1 Å². The predicted octanol–water partition coefficient (Wildman–Crippen LogP) is 13.0. The second kappa shape index (κ2) is 38.6. The second-order valence-corrected chi connectivity index (χ2v) is 16.7. The molecule has 328 valence electrons. The zero-order valence-corrected chi connectivity index (χ0v) is 36.9. The highest BCUT2D eigenvalue weighted by Gasteiger charge is 2.22. The molecular weight excluding hydrogens is 711 g/mol. The summed E-state index contributed by atoms with van der Waals surface area (Å²) >= 11 is 0. The molecule has 1 atom stereocenters. The Hall–Kier alpha value is -2.90. The van der Waals surface area contributed by atoms with Gasteiger partial charge in [-0.1, -0.05) is 206 Å². The molecule has 0 unspecified atom stereocenters. The van der Waals surface area contributed by atoms with Crippen molar-refractivity contribution < 1.29 is 24.3 Å². The lowest BCUT2D eigenvalue weighted by Crippen LogP contribution is -2.47. The summed E-state index contributed by atoms with van der Waals surface area (Å²) in [5.41, 5.74) is 0.351. The maximum Gasteiger partial charge on any atom is 0.335 e. The van der Waals surface area contributed by atoms with Gasteiger partial charge in [0, 0.05) is 25.1 Å². The van der Waals surface area contributed by atoms with E-state index < -0.39 is 17.9 Å². The van der Waals surface area contributed by atoms with Crippen LogP contribution < -0.4 is 16.0 Å². The molecule has 0 aliphatic rings. The molecular formula is C49H87N3O5. The molecule has 0 aliphatic heterocycles. The van der Waals surface area contributed by atoms with Crippen molar-refractivity contribution in [1.29, 1.82) is 0 Å². The smallest absolute Gasteiger partial charge is 0.335 e. The van der Waals surface area contributed by atoms with Crippen LogP contribution in [0, 0.1) is 0 Å². The van der Waals surface area contributed by atoms with Gasteiger partial charge in [0.2, 0.25) is 11.8 Å². The van der Waals surface area contributed by atoms with E-state index in [4.69, 9.17) is 0 Å². The van der Waals surface area contributed by atoms with Crippen LogP contribution in [0.25, 0.3) is 0 Å². The van der Waals surface area contributed by atoms with Crippen molar-refractivity contribution in [1.82, 2.24) is 16.0 Å². The second-order valence-electron chi connectivity index (χ2n) is 16.7. The summed E-state index contributed by atoms with van der Waals surface area (Å²) in [7, 11) is 0. The van der Waals surface area contributed by atoms with E-state index in [9.17, 15) is 24.3 Å². The maximum atomic E-state index is 13.2. The van der Waals surface area contributed by atoms with Crippen LogP contribution in [-0.4, -0.2) is 47.9 Å². The van der Waals surface area contributed by atoms with E-state index in [0.717, 1.165) is 32.1 Å². The summed E-state index contributed by atoms with van der Waals surface area (Å²) in [5.74, 6) is -1.95. The fourth-order valence-electron chi connectivity index (χ4n) is 7.55. The van der Waals surface area contributed by atoms with Crippen LogP contribution in [0.1, 0.15) is 253 Å². The molecule has 0 radical (unpaired) electrons. The molecule has 0 fully saturated rings. The SMILES string of the molecule is CCCCCCCCCCCCCCCCCCNC(=O)CC[C@H](NC(=O)c1ccc(C(=O)O)cc1)C(=O)NCCCCCCCCCCCCCCCCCC. The molecule has 1 aromatic carbocycles. The Balaban J connectivity index is 2.26. The average Bonchev–Trinajstić information content (AvgIpc) is 3.21. The Morgan fingerprint density at radius 3 is 1.12 bits per heavy atom. The topological polar surface area (TPSA) is 125 Å². The fourth-order valence-corrected chi connectivity index (χ4v) is 7.55. The van der Waals surface area contributed by atoms with Gasteiger partial charge < -0.3 is 21.1 Å². The molecule has 57 heavy (non-hydrogen) atoms. The Bertz CT molecular complexity index is 1120. The van der Waals surface area contributed by atoms with E-state index in [1.54, 1.807) is 0 Å². The molecule has 0 saturated heterocycles. The number of rotatable bonds is 41. The fraction of sp³-hybridized carbons (Fsp3) is 0.796. The summed E-state index contributed by atoms with van der Waals surface area (Å²) in [6, 6.07) is 4.76. The Morgan fingerprint density at radius 2 is 0.772 bits per heavy atom. The maximum absolute atomic E-state index is 13.2. The molecule has 8 heteroatoms. The van der Waals surface area contributed by atoms with Crippen molar-refractivity contribution >= 4 is 23.7 Å². The molecule has 0 bridgehead atoms. The minimum Gasteiger partial charge on any atom is -0.478 e. The number of carbonyl (C=O) groups excluding carboxylic acids is 3. The van der Waals surface area contributed by atoms with Gasteiger partial charge in [0.1, 0.15) is 6.04 Å². The number of carboxylic acid groups (broad SMARTS) is 1. The normalized spacial score (nSPS) is 11.7. The van der Waals surface area contributed by atoms with Crippen LogP contribution in [0.15, 0.2) is 24.3 Å². The number of carbonyl (C=O) groups is 4. The molecule has 0 aliphatic carbocycles. The Morgan fingerprint density at radius 1 is 0.456 bits per heavy atom. The number of unbranched alkanes of at least 4 members (excludes halogenated alkanes) is 30. The highest BCUT2D eigenvalue weighted by Crippen LogP contribution is 2.15. The lowest BCUT2D eigenvalue weighted by molar-refractivity contribution is -0.124. The lowest BCUT2D eigenvalue weighted by atomic mass is 10.0. The van der Waals surface area contributed by atoms with Crippen LogP contribution >= 0.6 is 0 Å². The van der Waals surface area contributed by atoms with Crippen molar-refractivity contribution in [3.8, 4) is 0 Å². The molecule has 1 rings (SSSR count). The first-order valence-corrected chi connectivity index (χ1v) is 24.1. The summed E-state index contributed by atoms with van der Waals surface area (Å²) in [4.78, 5) is 50.2.